The van der Waals surface area contributed by atoms with Gasteiger partial charge < -0.3 is 4.57 Å². The molecule has 3 nitrogen and oxygen atoms in total. The zero-order valence-electron chi connectivity index (χ0n) is 12.1. The fourth-order valence-corrected chi connectivity index (χ4v) is 2.72. The highest BCUT2D eigenvalue weighted by Gasteiger charge is 2.12. The maximum atomic E-state index is 12.5. The Morgan fingerprint density at radius 2 is 1.95 bits per heavy atom. The molecule has 0 unspecified atom stereocenters. The van der Waals surface area contributed by atoms with Crippen molar-refractivity contribution in [1.82, 2.24) is 9.55 Å². The maximum Gasteiger partial charge on any atom is 0.183 e. The van der Waals surface area contributed by atoms with Crippen LogP contribution in [0.2, 0.25) is 0 Å². The van der Waals surface area contributed by atoms with Crippen LogP contribution in [-0.2, 0) is 13.0 Å². The highest BCUT2D eigenvalue weighted by molar-refractivity contribution is 6.08. The number of ketones is 1. The summed E-state index contributed by atoms with van der Waals surface area (Å²) in [5, 5.41) is 2.24. The van der Waals surface area contributed by atoms with Crippen LogP contribution in [-0.4, -0.2) is 15.3 Å². The van der Waals surface area contributed by atoms with E-state index in [1.165, 1.54) is 10.9 Å². The number of nitrogens with zero attached hydrogens (tertiary/aromatic N) is 2. The van der Waals surface area contributed by atoms with Gasteiger partial charge in [0.05, 0.1) is 12.9 Å². The molecule has 0 saturated carbocycles. The summed E-state index contributed by atoms with van der Waals surface area (Å²) in [6.45, 7) is 2.50. The lowest BCUT2D eigenvalue weighted by atomic mass is 9.95. The van der Waals surface area contributed by atoms with Crippen molar-refractivity contribution in [1.29, 1.82) is 0 Å². The Balaban J connectivity index is 2.03. The molecule has 3 rings (SSSR count). The molecule has 1 heterocycles. The Bertz CT molecular complexity index is 760. The number of aromatic nitrogens is 2. The van der Waals surface area contributed by atoms with Crippen LogP contribution in [0.4, 0.5) is 0 Å². The summed E-state index contributed by atoms with van der Waals surface area (Å²) >= 11 is 0. The third kappa shape index (κ3) is 2.72. The standard InChI is InChI=1S/C18H18N2O/c1-2-5-14-8-9-17(16-7-4-3-6-15(14)16)18(21)12-20-11-10-19-13-20/h3-4,6-11,13H,2,5,12H2,1H3. The molecule has 2 aromatic carbocycles. The van der Waals surface area contributed by atoms with Crippen LogP contribution in [0.5, 0.6) is 0 Å². The van der Waals surface area contributed by atoms with E-state index in [4.69, 9.17) is 0 Å². The van der Waals surface area contributed by atoms with Gasteiger partial charge in [-0.15, -0.1) is 0 Å². The Kier molecular flexibility index (Phi) is 3.82. The molecule has 3 aromatic rings. The predicted octanol–water partition coefficient (Wildman–Crippen LogP) is 3.87. The molecule has 0 fully saturated rings. The van der Waals surface area contributed by atoms with Gasteiger partial charge in [0, 0.05) is 18.0 Å². The van der Waals surface area contributed by atoms with Crippen LogP contribution in [0.25, 0.3) is 10.8 Å². The zero-order chi connectivity index (χ0) is 14.7. The van der Waals surface area contributed by atoms with Gasteiger partial charge in [-0.05, 0) is 22.8 Å². The third-order valence-corrected chi connectivity index (χ3v) is 3.72. The minimum Gasteiger partial charge on any atom is -0.330 e. The average Bonchev–Trinajstić information content (AvgIpc) is 3.00. The predicted molar refractivity (Wildman–Crippen MR) is 84.5 cm³/mol. The number of imidazole rings is 1. The fourth-order valence-electron chi connectivity index (χ4n) is 2.72. The van der Waals surface area contributed by atoms with Crippen LogP contribution in [0.1, 0.15) is 29.3 Å². The van der Waals surface area contributed by atoms with Gasteiger partial charge in [0.1, 0.15) is 0 Å². The molecule has 0 N–H and O–H groups in total. The highest BCUT2D eigenvalue weighted by atomic mass is 16.1. The summed E-state index contributed by atoms with van der Waals surface area (Å²) < 4.78 is 1.80. The summed E-state index contributed by atoms with van der Waals surface area (Å²) in [5.41, 5.74) is 2.10. The molecule has 0 aliphatic rings. The topological polar surface area (TPSA) is 34.9 Å². The van der Waals surface area contributed by atoms with Crippen molar-refractivity contribution in [2.45, 2.75) is 26.3 Å². The molecule has 0 saturated heterocycles. The maximum absolute atomic E-state index is 12.5. The Morgan fingerprint density at radius 1 is 1.14 bits per heavy atom. The van der Waals surface area contributed by atoms with E-state index in [9.17, 15) is 4.79 Å². The second-order valence-corrected chi connectivity index (χ2v) is 5.23. The van der Waals surface area contributed by atoms with Gasteiger partial charge in [0.2, 0.25) is 0 Å². The van der Waals surface area contributed by atoms with Crippen LogP contribution in [0.15, 0.2) is 55.1 Å². The van der Waals surface area contributed by atoms with Gasteiger partial charge in [-0.2, -0.15) is 0 Å². The first kappa shape index (κ1) is 13.6. The molecular weight excluding hydrogens is 260 g/mol. The lowest BCUT2D eigenvalue weighted by molar-refractivity contribution is 0.0973. The molecule has 0 amide bonds. The SMILES string of the molecule is CCCc1ccc(C(=O)Cn2ccnc2)c2ccccc12. The second kappa shape index (κ2) is 5.92. The quantitative estimate of drug-likeness (QED) is 0.664. The lowest BCUT2D eigenvalue weighted by Crippen LogP contribution is -2.09. The van der Waals surface area contributed by atoms with Crippen molar-refractivity contribution in [3.8, 4) is 0 Å². The summed E-state index contributed by atoms with van der Waals surface area (Å²) in [4.78, 5) is 16.5. The summed E-state index contributed by atoms with van der Waals surface area (Å²) in [6.07, 6.45) is 7.32. The van der Waals surface area contributed by atoms with E-state index in [-0.39, 0.29) is 5.78 Å². The first-order chi connectivity index (χ1) is 10.3. The molecule has 106 valence electrons. The number of rotatable bonds is 5. The van der Waals surface area contributed by atoms with E-state index < -0.39 is 0 Å². The number of Topliss-reactive ketones (excluding diaryl/α,β-unsaturated/α-hetero) is 1. The van der Waals surface area contributed by atoms with Gasteiger partial charge >= 0.3 is 0 Å². The van der Waals surface area contributed by atoms with Crippen LogP contribution < -0.4 is 0 Å². The van der Waals surface area contributed by atoms with E-state index in [1.807, 2.05) is 30.5 Å². The number of benzene rings is 2. The van der Waals surface area contributed by atoms with Crippen molar-refractivity contribution in [3.05, 3.63) is 66.2 Å². The van der Waals surface area contributed by atoms with E-state index in [2.05, 4.69) is 24.0 Å². The molecule has 0 bridgehead atoms. The number of carbonyl (C=O) groups excluding carboxylic acids is 1. The Labute approximate surface area is 124 Å². The molecule has 0 atom stereocenters. The van der Waals surface area contributed by atoms with Crippen molar-refractivity contribution in [2.24, 2.45) is 0 Å². The zero-order valence-corrected chi connectivity index (χ0v) is 12.1. The van der Waals surface area contributed by atoms with Crippen LogP contribution in [0, 0.1) is 0 Å². The minimum absolute atomic E-state index is 0.118. The van der Waals surface area contributed by atoms with Gasteiger partial charge in [0.25, 0.3) is 0 Å². The third-order valence-electron chi connectivity index (χ3n) is 3.72. The highest BCUT2D eigenvalue weighted by Crippen LogP contribution is 2.24. The number of fused-ring (bicyclic) bond motifs is 1. The molecule has 0 aliphatic carbocycles. The summed E-state index contributed by atoms with van der Waals surface area (Å²) in [5.74, 6) is 0.118. The summed E-state index contributed by atoms with van der Waals surface area (Å²) in [7, 11) is 0. The number of carbonyl (C=O) groups is 1. The largest absolute Gasteiger partial charge is 0.330 e. The first-order valence-electron chi connectivity index (χ1n) is 7.29. The average molecular weight is 278 g/mol. The summed E-state index contributed by atoms with van der Waals surface area (Å²) in [6, 6.07) is 12.2. The smallest absolute Gasteiger partial charge is 0.183 e. The first-order valence-corrected chi connectivity index (χ1v) is 7.29. The lowest BCUT2D eigenvalue weighted by Gasteiger charge is -2.10. The monoisotopic (exact) mass is 278 g/mol. The van der Waals surface area contributed by atoms with Gasteiger partial charge in [0.15, 0.2) is 5.78 Å². The number of hydrogen-bond donors (Lipinski definition) is 0. The second-order valence-electron chi connectivity index (χ2n) is 5.23. The van der Waals surface area contributed by atoms with Crippen molar-refractivity contribution < 1.29 is 4.79 Å². The van der Waals surface area contributed by atoms with Crippen molar-refractivity contribution in [2.75, 3.05) is 0 Å². The van der Waals surface area contributed by atoms with E-state index in [0.717, 1.165) is 23.8 Å². The van der Waals surface area contributed by atoms with Crippen molar-refractivity contribution >= 4 is 16.6 Å². The fraction of sp³-hybridized carbons (Fsp3) is 0.222. The van der Waals surface area contributed by atoms with Crippen molar-refractivity contribution in [3.63, 3.8) is 0 Å². The molecule has 21 heavy (non-hydrogen) atoms. The molecule has 0 radical (unpaired) electrons. The van der Waals surface area contributed by atoms with Gasteiger partial charge in [-0.1, -0.05) is 49.7 Å². The Morgan fingerprint density at radius 3 is 2.67 bits per heavy atom. The number of aryl methyl sites for hydroxylation is 1. The van der Waals surface area contributed by atoms with Gasteiger partial charge in [-0.3, -0.25) is 4.79 Å². The molecular formula is C18H18N2O. The van der Waals surface area contributed by atoms with Gasteiger partial charge in [-0.25, -0.2) is 4.98 Å². The van der Waals surface area contributed by atoms with Crippen LogP contribution >= 0.6 is 0 Å². The number of hydrogen-bond acceptors (Lipinski definition) is 2. The van der Waals surface area contributed by atoms with E-state index in [1.54, 1.807) is 17.1 Å². The van der Waals surface area contributed by atoms with E-state index >= 15 is 0 Å². The minimum atomic E-state index is 0.118. The molecule has 3 heteroatoms. The normalized spacial score (nSPS) is 10.9. The molecule has 0 spiro atoms. The Hall–Kier alpha value is -2.42. The molecule has 1 aromatic heterocycles. The van der Waals surface area contributed by atoms with Crippen LogP contribution in [0.3, 0.4) is 0 Å². The molecule has 0 aliphatic heterocycles. The van der Waals surface area contributed by atoms with E-state index in [0.29, 0.717) is 6.54 Å².